The second-order valence-corrected chi connectivity index (χ2v) is 8.89. The minimum Gasteiger partial charge on any atom is -0.479 e. The summed E-state index contributed by atoms with van der Waals surface area (Å²) < 4.78 is 37.4. The van der Waals surface area contributed by atoms with Crippen molar-refractivity contribution in [2.24, 2.45) is 0 Å². The standard InChI is InChI=1S/C20H21N3O6S/c1-13-19(24)22-17-12-15(4-7-18(17)29-13)21-20(25)14-2-5-16(6-3-14)30(26,27)23-8-10-28-11-9-23/h2-7,12-13H,8-11H2,1H3,(H,21,25)(H,22,24). The number of morpholine rings is 1. The summed E-state index contributed by atoms with van der Waals surface area (Å²) in [5.41, 5.74) is 1.26. The number of carbonyl (C=O) groups is 2. The summed E-state index contributed by atoms with van der Waals surface area (Å²) in [7, 11) is -3.62. The van der Waals surface area contributed by atoms with Gasteiger partial charge in [0.1, 0.15) is 5.75 Å². The highest BCUT2D eigenvalue weighted by Crippen LogP contribution is 2.32. The summed E-state index contributed by atoms with van der Waals surface area (Å²) in [5.74, 6) is -0.137. The third-order valence-corrected chi connectivity index (χ3v) is 6.81. The topological polar surface area (TPSA) is 114 Å². The van der Waals surface area contributed by atoms with Crippen molar-refractivity contribution in [2.75, 3.05) is 36.9 Å². The van der Waals surface area contributed by atoms with Gasteiger partial charge in [0.05, 0.1) is 23.8 Å². The second-order valence-electron chi connectivity index (χ2n) is 6.96. The number of sulfonamides is 1. The van der Waals surface area contributed by atoms with Crippen LogP contribution in [0, 0.1) is 0 Å². The molecule has 2 heterocycles. The number of nitrogens with one attached hydrogen (secondary N) is 2. The zero-order valence-electron chi connectivity index (χ0n) is 16.3. The molecule has 0 saturated carbocycles. The molecule has 0 radical (unpaired) electrons. The Morgan fingerprint density at radius 1 is 1.13 bits per heavy atom. The SMILES string of the molecule is CC1Oc2ccc(NC(=O)c3ccc(S(=O)(=O)N4CCOCC4)cc3)cc2NC1=O. The Kier molecular flexibility index (Phi) is 5.46. The smallest absolute Gasteiger partial charge is 0.265 e. The summed E-state index contributed by atoms with van der Waals surface area (Å²) in [6.07, 6.45) is -0.579. The number of amides is 2. The average Bonchev–Trinajstić information content (AvgIpc) is 2.75. The van der Waals surface area contributed by atoms with Crippen LogP contribution in [0.3, 0.4) is 0 Å². The molecule has 2 aromatic carbocycles. The molecule has 0 spiro atoms. The zero-order valence-corrected chi connectivity index (χ0v) is 17.1. The fourth-order valence-corrected chi connectivity index (χ4v) is 4.61. The van der Waals surface area contributed by atoms with E-state index in [0.29, 0.717) is 49.0 Å². The lowest BCUT2D eigenvalue weighted by molar-refractivity contribution is -0.122. The summed E-state index contributed by atoms with van der Waals surface area (Å²) in [6, 6.07) is 10.7. The number of carbonyl (C=O) groups excluding carboxylic acids is 2. The molecule has 0 aliphatic carbocycles. The molecule has 1 atom stereocenters. The van der Waals surface area contributed by atoms with E-state index in [-0.39, 0.29) is 10.8 Å². The van der Waals surface area contributed by atoms with E-state index in [4.69, 9.17) is 9.47 Å². The Morgan fingerprint density at radius 3 is 2.53 bits per heavy atom. The first-order chi connectivity index (χ1) is 14.3. The average molecular weight is 431 g/mol. The molecule has 2 aromatic rings. The molecule has 1 fully saturated rings. The summed E-state index contributed by atoms with van der Waals surface area (Å²) in [4.78, 5) is 24.4. The van der Waals surface area contributed by atoms with Crippen LogP contribution in [0.4, 0.5) is 11.4 Å². The molecule has 2 aliphatic heterocycles. The molecule has 2 aliphatic rings. The Balaban J connectivity index is 1.47. The molecule has 30 heavy (non-hydrogen) atoms. The van der Waals surface area contributed by atoms with E-state index >= 15 is 0 Å². The van der Waals surface area contributed by atoms with Gasteiger partial charge in [-0.3, -0.25) is 9.59 Å². The van der Waals surface area contributed by atoms with Crippen molar-refractivity contribution in [3.63, 3.8) is 0 Å². The molecule has 1 saturated heterocycles. The van der Waals surface area contributed by atoms with Gasteiger partial charge in [-0.2, -0.15) is 4.31 Å². The van der Waals surface area contributed by atoms with Crippen molar-refractivity contribution in [2.45, 2.75) is 17.9 Å². The van der Waals surface area contributed by atoms with E-state index in [2.05, 4.69) is 10.6 Å². The lowest BCUT2D eigenvalue weighted by atomic mass is 10.2. The molecule has 2 amide bonds. The van der Waals surface area contributed by atoms with Gasteiger partial charge in [0.25, 0.3) is 11.8 Å². The number of rotatable bonds is 4. The van der Waals surface area contributed by atoms with Crippen molar-refractivity contribution in [1.82, 2.24) is 4.31 Å². The molecule has 0 aromatic heterocycles. The van der Waals surface area contributed by atoms with Gasteiger partial charge in [0.15, 0.2) is 6.10 Å². The van der Waals surface area contributed by atoms with Gasteiger partial charge >= 0.3 is 0 Å². The Labute approximate surface area is 174 Å². The highest BCUT2D eigenvalue weighted by Gasteiger charge is 2.27. The van der Waals surface area contributed by atoms with Gasteiger partial charge in [-0.1, -0.05) is 0 Å². The van der Waals surface area contributed by atoms with Gasteiger partial charge in [0.2, 0.25) is 10.0 Å². The van der Waals surface area contributed by atoms with Crippen LogP contribution in [-0.2, 0) is 19.6 Å². The van der Waals surface area contributed by atoms with E-state index in [1.54, 1.807) is 25.1 Å². The van der Waals surface area contributed by atoms with Crippen LogP contribution in [0.5, 0.6) is 5.75 Å². The fourth-order valence-electron chi connectivity index (χ4n) is 3.20. The Morgan fingerprint density at radius 2 is 1.83 bits per heavy atom. The van der Waals surface area contributed by atoms with Crippen molar-refractivity contribution >= 4 is 33.2 Å². The van der Waals surface area contributed by atoms with E-state index in [1.165, 1.54) is 28.6 Å². The lowest BCUT2D eigenvalue weighted by Gasteiger charge is -2.26. The molecule has 9 nitrogen and oxygen atoms in total. The highest BCUT2D eigenvalue weighted by atomic mass is 32.2. The molecule has 10 heteroatoms. The van der Waals surface area contributed by atoms with Crippen LogP contribution in [-0.4, -0.2) is 56.9 Å². The van der Waals surface area contributed by atoms with E-state index in [1.807, 2.05) is 0 Å². The predicted octanol–water partition coefficient (Wildman–Crippen LogP) is 1.68. The van der Waals surface area contributed by atoms with Crippen LogP contribution in [0.1, 0.15) is 17.3 Å². The summed E-state index contributed by atoms with van der Waals surface area (Å²) in [6.45, 7) is 3.00. The number of fused-ring (bicyclic) bond motifs is 1. The van der Waals surface area contributed by atoms with Gasteiger partial charge in [-0.25, -0.2) is 8.42 Å². The van der Waals surface area contributed by atoms with Crippen molar-refractivity contribution in [3.05, 3.63) is 48.0 Å². The monoisotopic (exact) mass is 431 g/mol. The summed E-state index contributed by atoms with van der Waals surface area (Å²) >= 11 is 0. The first-order valence-corrected chi connectivity index (χ1v) is 10.9. The van der Waals surface area contributed by atoms with Crippen LogP contribution in [0.25, 0.3) is 0 Å². The Hall–Kier alpha value is -2.95. The number of hydrogen-bond acceptors (Lipinski definition) is 6. The van der Waals surface area contributed by atoms with Crippen LogP contribution in [0.15, 0.2) is 47.4 Å². The number of benzene rings is 2. The van der Waals surface area contributed by atoms with Crippen molar-refractivity contribution in [3.8, 4) is 5.75 Å². The van der Waals surface area contributed by atoms with Crippen LogP contribution < -0.4 is 15.4 Å². The highest BCUT2D eigenvalue weighted by molar-refractivity contribution is 7.89. The van der Waals surface area contributed by atoms with E-state index < -0.39 is 22.0 Å². The number of anilines is 2. The minimum atomic E-state index is -3.62. The number of hydrogen-bond donors (Lipinski definition) is 2. The molecular weight excluding hydrogens is 410 g/mol. The third kappa shape index (κ3) is 4.02. The second kappa shape index (κ2) is 8.05. The Bertz CT molecular complexity index is 1080. The van der Waals surface area contributed by atoms with E-state index in [0.717, 1.165) is 0 Å². The fraction of sp³-hybridized carbons (Fsp3) is 0.300. The first-order valence-electron chi connectivity index (χ1n) is 9.45. The zero-order chi connectivity index (χ0) is 21.3. The van der Waals surface area contributed by atoms with Gasteiger partial charge in [-0.05, 0) is 49.4 Å². The first kappa shape index (κ1) is 20.3. The molecule has 0 bridgehead atoms. The van der Waals surface area contributed by atoms with Crippen molar-refractivity contribution in [1.29, 1.82) is 0 Å². The van der Waals surface area contributed by atoms with Gasteiger partial charge in [-0.15, -0.1) is 0 Å². The lowest BCUT2D eigenvalue weighted by Crippen LogP contribution is -2.40. The largest absolute Gasteiger partial charge is 0.479 e. The number of ether oxygens (including phenoxy) is 2. The van der Waals surface area contributed by atoms with E-state index in [9.17, 15) is 18.0 Å². The predicted molar refractivity (Wildman–Crippen MR) is 109 cm³/mol. The van der Waals surface area contributed by atoms with Crippen molar-refractivity contribution < 1.29 is 27.5 Å². The minimum absolute atomic E-state index is 0.128. The maximum Gasteiger partial charge on any atom is 0.265 e. The normalized spacial score (nSPS) is 19.4. The third-order valence-electron chi connectivity index (χ3n) is 4.89. The molecule has 4 rings (SSSR count). The molecular formula is C20H21N3O6S. The quantitative estimate of drug-likeness (QED) is 0.761. The molecule has 158 valence electrons. The van der Waals surface area contributed by atoms with Crippen LogP contribution >= 0.6 is 0 Å². The summed E-state index contributed by atoms with van der Waals surface area (Å²) in [5, 5.41) is 5.46. The maximum absolute atomic E-state index is 12.7. The van der Waals surface area contributed by atoms with Gasteiger partial charge in [0, 0.05) is 24.3 Å². The molecule has 2 N–H and O–H groups in total. The van der Waals surface area contributed by atoms with Gasteiger partial charge < -0.3 is 20.1 Å². The van der Waals surface area contributed by atoms with Crippen LogP contribution in [0.2, 0.25) is 0 Å². The maximum atomic E-state index is 12.7. The number of nitrogens with zero attached hydrogens (tertiary/aromatic N) is 1. The molecule has 1 unspecified atom stereocenters.